The first kappa shape index (κ1) is 9.11. The molecule has 0 N–H and O–H groups in total. The number of hydrogen-bond donors (Lipinski definition) is 0. The van der Waals surface area contributed by atoms with Crippen LogP contribution in [0.1, 0.15) is 0 Å². The second-order valence-electron chi connectivity index (χ2n) is 0.401. The van der Waals surface area contributed by atoms with E-state index in [1.807, 2.05) is 0 Å². The van der Waals surface area contributed by atoms with E-state index in [1.165, 1.54) is 0 Å². The van der Waals surface area contributed by atoms with E-state index in [1.54, 1.807) is 0 Å². The molecule has 5 heteroatoms. The fraction of sp³-hybridized carbons (Fsp3) is 0. The lowest BCUT2D eigenvalue weighted by atomic mass is 15.9. The normalized spacial score (nSPS) is 13.0. The molecule has 1 atom stereocenters. The van der Waals surface area contributed by atoms with Crippen molar-refractivity contribution >= 4 is 30.9 Å². The SMILES string of the molecule is O=S([O-])[SiH3].[SiH4]. The van der Waals surface area contributed by atoms with Gasteiger partial charge in [0.25, 0.3) is 0 Å². The fourth-order valence-electron chi connectivity index (χ4n) is 0. The molecule has 0 fully saturated rings. The van der Waals surface area contributed by atoms with Crippen molar-refractivity contribution in [3.63, 3.8) is 0 Å². The van der Waals surface area contributed by atoms with Crippen LogP contribution in [-0.4, -0.2) is 29.1 Å². The highest BCUT2D eigenvalue weighted by Gasteiger charge is 1.42. The van der Waals surface area contributed by atoms with Crippen LogP contribution >= 0.6 is 0 Å². The molecule has 5 heavy (non-hydrogen) atoms. The van der Waals surface area contributed by atoms with Crippen LogP contribution in [0, 0.1) is 0 Å². The van der Waals surface area contributed by atoms with Crippen LogP contribution in [-0.2, 0) is 10.5 Å². The molecule has 0 spiro atoms. The Bertz CT molecular complexity index is 30.6. The second-order valence-corrected chi connectivity index (χ2v) is 3.20. The van der Waals surface area contributed by atoms with E-state index >= 15 is 0 Å². The molecule has 0 saturated carbocycles. The molecule has 0 aliphatic heterocycles. The predicted molar refractivity (Wildman–Crippen MR) is 30.2 cm³/mol. The Morgan fingerprint density at radius 1 is 1.80 bits per heavy atom. The maximum absolute atomic E-state index is 9.06. The summed E-state index contributed by atoms with van der Waals surface area (Å²) in [7, 11) is -1.46. The molecule has 0 rings (SSSR count). The van der Waals surface area contributed by atoms with E-state index in [4.69, 9.17) is 8.76 Å². The van der Waals surface area contributed by atoms with E-state index < -0.39 is 10.5 Å². The minimum atomic E-state index is -1.72. The maximum atomic E-state index is 9.06. The van der Waals surface area contributed by atoms with Crippen LogP contribution in [0.3, 0.4) is 0 Å². The summed E-state index contributed by atoms with van der Waals surface area (Å²) >= 11 is 0. The zero-order valence-electron chi connectivity index (χ0n) is 2.22. The fourth-order valence-corrected chi connectivity index (χ4v) is 0. The summed E-state index contributed by atoms with van der Waals surface area (Å²) in [6.45, 7) is 0. The molecule has 34 valence electrons. The van der Waals surface area contributed by atoms with Crippen LogP contribution in [0.15, 0.2) is 0 Å². The Hall–Kier alpha value is 0.544. The van der Waals surface area contributed by atoms with Gasteiger partial charge in [0.1, 0.15) is 0 Å². The molecule has 0 radical (unpaired) electrons. The first-order valence-corrected chi connectivity index (χ1v) is 4.67. The Kier molecular flexibility index (Phi) is 8.28. The summed E-state index contributed by atoms with van der Waals surface area (Å²) in [6, 6.07) is 0. The third-order valence-corrected chi connectivity index (χ3v) is 0. The average Bonchev–Trinajstić information content (AvgIpc) is 0.811. The second kappa shape index (κ2) is 4.54. The Morgan fingerprint density at radius 2 is 1.80 bits per heavy atom. The minimum absolute atomic E-state index is 0. The van der Waals surface area contributed by atoms with Gasteiger partial charge < -0.3 is 4.55 Å². The molecule has 0 aromatic carbocycles. The summed E-state index contributed by atoms with van der Waals surface area (Å²) in [6.07, 6.45) is 0. The van der Waals surface area contributed by atoms with Gasteiger partial charge in [-0.1, -0.05) is 10.5 Å². The summed E-state index contributed by atoms with van der Waals surface area (Å²) in [4.78, 5) is 0. The zero-order chi connectivity index (χ0) is 3.58. The molecule has 1 unspecified atom stereocenters. The Labute approximate surface area is 40.3 Å². The molecule has 2 nitrogen and oxygen atoms in total. The van der Waals surface area contributed by atoms with Crippen molar-refractivity contribution in [2.45, 2.75) is 0 Å². The molecule has 0 aliphatic rings. The van der Waals surface area contributed by atoms with E-state index in [2.05, 4.69) is 0 Å². The lowest BCUT2D eigenvalue weighted by Gasteiger charge is -1.85. The van der Waals surface area contributed by atoms with Gasteiger partial charge in [-0.05, 0) is 11.0 Å². The van der Waals surface area contributed by atoms with Crippen LogP contribution in [0.5, 0.6) is 0 Å². The van der Waals surface area contributed by atoms with Crippen molar-refractivity contribution in [3.05, 3.63) is 0 Å². The van der Waals surface area contributed by atoms with Gasteiger partial charge >= 0.3 is 0 Å². The highest BCUT2D eigenvalue weighted by atomic mass is 32.4. The van der Waals surface area contributed by atoms with E-state index in [0.29, 0.717) is 0 Å². The number of hydrogen-bond acceptors (Lipinski definition) is 2. The molecular formula is H7O2SSi2-. The largest absolute Gasteiger partial charge is 0.778 e. The lowest BCUT2D eigenvalue weighted by Crippen LogP contribution is -1.77. The van der Waals surface area contributed by atoms with Crippen molar-refractivity contribution < 1.29 is 8.76 Å². The molecule has 0 amide bonds. The van der Waals surface area contributed by atoms with Gasteiger partial charge in [0.05, 0.1) is 9.39 Å². The summed E-state index contributed by atoms with van der Waals surface area (Å²) in [5, 5.41) is 0. The van der Waals surface area contributed by atoms with E-state index in [9.17, 15) is 0 Å². The van der Waals surface area contributed by atoms with Crippen LogP contribution in [0.4, 0.5) is 0 Å². The van der Waals surface area contributed by atoms with Gasteiger partial charge in [-0.15, -0.1) is 0 Å². The van der Waals surface area contributed by atoms with Crippen LogP contribution in [0.2, 0.25) is 0 Å². The van der Waals surface area contributed by atoms with E-state index in [0.717, 1.165) is 0 Å². The molecule has 0 heterocycles. The van der Waals surface area contributed by atoms with Crippen molar-refractivity contribution in [2.75, 3.05) is 0 Å². The zero-order valence-corrected chi connectivity index (χ0v) is 5.04. The van der Waals surface area contributed by atoms with Crippen molar-refractivity contribution in [3.8, 4) is 0 Å². The third kappa shape index (κ3) is 99.4. The molecular weight excluding hydrogens is 120 g/mol. The van der Waals surface area contributed by atoms with Crippen molar-refractivity contribution in [1.82, 2.24) is 0 Å². The van der Waals surface area contributed by atoms with Crippen LogP contribution < -0.4 is 0 Å². The summed E-state index contributed by atoms with van der Waals surface area (Å²) in [5.74, 6) is 0. The van der Waals surface area contributed by atoms with Gasteiger partial charge in [-0.25, -0.2) is 0 Å². The standard InChI is InChI=1S/H4O2SSi.H4Si/c1-3(2)4;/h4H3,(H,1,2);1H4/p-1. The molecule has 0 aromatic heterocycles. The van der Waals surface area contributed by atoms with Gasteiger partial charge in [-0.2, -0.15) is 0 Å². The summed E-state index contributed by atoms with van der Waals surface area (Å²) in [5.41, 5.74) is 0. The number of rotatable bonds is 0. The first-order valence-electron chi connectivity index (χ1n) is 0.742. The minimum Gasteiger partial charge on any atom is -0.778 e. The molecule has 0 bridgehead atoms. The third-order valence-electron chi connectivity index (χ3n) is 0. The predicted octanol–water partition coefficient (Wildman–Crippen LogP) is -3.31. The highest BCUT2D eigenvalue weighted by Crippen LogP contribution is 1.41. The summed E-state index contributed by atoms with van der Waals surface area (Å²) < 4.78 is 18.1. The Balaban J connectivity index is 0. The topological polar surface area (TPSA) is 40.1 Å². The first-order chi connectivity index (χ1) is 1.73. The highest BCUT2D eigenvalue weighted by molar-refractivity contribution is 8.01. The van der Waals surface area contributed by atoms with Gasteiger partial charge in [0.15, 0.2) is 0 Å². The van der Waals surface area contributed by atoms with Crippen molar-refractivity contribution in [1.29, 1.82) is 0 Å². The monoisotopic (exact) mass is 127 g/mol. The van der Waals surface area contributed by atoms with Gasteiger partial charge in [-0.3, -0.25) is 4.21 Å². The molecule has 0 aromatic rings. The van der Waals surface area contributed by atoms with Crippen molar-refractivity contribution in [2.24, 2.45) is 0 Å². The maximum Gasteiger partial charge on any atom is 0.0928 e. The smallest absolute Gasteiger partial charge is 0.0928 e. The Morgan fingerprint density at radius 3 is 1.80 bits per heavy atom. The molecule has 0 aliphatic carbocycles. The lowest BCUT2D eigenvalue weighted by molar-refractivity contribution is 0.552. The van der Waals surface area contributed by atoms with E-state index in [-0.39, 0.29) is 20.4 Å². The average molecular weight is 127 g/mol. The van der Waals surface area contributed by atoms with Crippen LogP contribution in [0.25, 0.3) is 0 Å². The van der Waals surface area contributed by atoms with Gasteiger partial charge in [0, 0.05) is 0 Å². The van der Waals surface area contributed by atoms with Gasteiger partial charge in [0.2, 0.25) is 0 Å². The quantitative estimate of drug-likeness (QED) is 0.253. The molecule has 0 saturated heterocycles.